The molecule has 1 aliphatic rings. The van der Waals surface area contributed by atoms with Gasteiger partial charge in [-0.05, 0) is 55.3 Å². The summed E-state index contributed by atoms with van der Waals surface area (Å²) in [4.78, 5) is 31.5. The minimum atomic E-state index is -0.870. The molecule has 4 aromatic rings. The minimum absolute atomic E-state index is 0.0128. The number of aryl methyl sites for hydroxylation is 1. The maximum absolute atomic E-state index is 13.5. The highest BCUT2D eigenvalue weighted by Crippen LogP contribution is 2.44. The summed E-state index contributed by atoms with van der Waals surface area (Å²) >= 11 is 0. The summed E-state index contributed by atoms with van der Waals surface area (Å²) in [7, 11) is 1.55. The number of aromatic nitrogens is 1. The molecule has 0 spiro atoms. The average Bonchev–Trinajstić information content (AvgIpc) is 3.43. The molecule has 1 saturated heterocycles. The van der Waals surface area contributed by atoms with Crippen LogP contribution < -0.4 is 14.4 Å². The first-order valence-corrected chi connectivity index (χ1v) is 11.7. The van der Waals surface area contributed by atoms with Crippen molar-refractivity contribution in [2.75, 3.05) is 18.6 Å². The first-order valence-electron chi connectivity index (χ1n) is 11.7. The molecule has 1 aromatic heterocycles. The number of amides is 1. The van der Waals surface area contributed by atoms with E-state index in [1.807, 2.05) is 56.3 Å². The molecule has 3 aromatic carbocycles. The van der Waals surface area contributed by atoms with Crippen molar-refractivity contribution >= 4 is 34.0 Å². The van der Waals surface area contributed by atoms with Crippen LogP contribution in [-0.2, 0) is 9.59 Å². The van der Waals surface area contributed by atoms with Crippen LogP contribution in [0, 0.1) is 6.92 Å². The molecule has 2 heterocycles. The van der Waals surface area contributed by atoms with Gasteiger partial charge in [0, 0.05) is 28.4 Å². The number of carbonyl (C=O) groups is 2. The number of fused-ring (bicyclic) bond motifs is 1. The van der Waals surface area contributed by atoms with Crippen LogP contribution in [0.2, 0.25) is 0 Å². The topological polar surface area (TPSA) is 91.9 Å². The number of nitrogens with zero attached hydrogens (tertiary/aromatic N) is 1. The number of aliphatic hydroxyl groups excluding tert-OH is 1. The molecule has 36 heavy (non-hydrogen) atoms. The van der Waals surface area contributed by atoms with E-state index in [0.29, 0.717) is 34.9 Å². The van der Waals surface area contributed by atoms with Crippen LogP contribution in [0.1, 0.15) is 29.7 Å². The maximum atomic E-state index is 13.5. The van der Waals surface area contributed by atoms with Gasteiger partial charge < -0.3 is 19.6 Å². The summed E-state index contributed by atoms with van der Waals surface area (Å²) in [6, 6.07) is 19.3. The number of aliphatic hydroxyl groups is 1. The van der Waals surface area contributed by atoms with Gasteiger partial charge in [-0.2, -0.15) is 0 Å². The van der Waals surface area contributed by atoms with Crippen molar-refractivity contribution in [2.45, 2.75) is 19.9 Å². The van der Waals surface area contributed by atoms with Crippen LogP contribution in [0.4, 0.5) is 5.69 Å². The SMILES string of the molecule is CCOc1cc(C2/C(=C(/O)c3c[nH]c4ccccc34)C(=O)C(=O)N2c2cccc(C)c2)ccc1OC. The van der Waals surface area contributed by atoms with Gasteiger partial charge in [-0.1, -0.05) is 36.4 Å². The summed E-state index contributed by atoms with van der Waals surface area (Å²) in [5.74, 6) is -0.678. The Kier molecular flexibility index (Phi) is 5.98. The second kappa shape index (κ2) is 9.26. The van der Waals surface area contributed by atoms with E-state index in [4.69, 9.17) is 9.47 Å². The average molecular weight is 483 g/mol. The Bertz CT molecular complexity index is 1520. The number of ketones is 1. The number of benzene rings is 3. The van der Waals surface area contributed by atoms with E-state index in [1.54, 1.807) is 37.6 Å². The molecule has 5 rings (SSSR count). The lowest BCUT2D eigenvalue weighted by Crippen LogP contribution is -2.29. The second-order valence-electron chi connectivity index (χ2n) is 8.60. The molecule has 2 N–H and O–H groups in total. The number of Topliss-reactive ketones (excluding diaryl/α,β-unsaturated/α-hetero) is 1. The van der Waals surface area contributed by atoms with Gasteiger partial charge in [0.1, 0.15) is 5.76 Å². The molecule has 1 aliphatic heterocycles. The number of hydrogen-bond acceptors (Lipinski definition) is 5. The van der Waals surface area contributed by atoms with E-state index in [0.717, 1.165) is 16.5 Å². The van der Waals surface area contributed by atoms with Crippen molar-refractivity contribution in [3.8, 4) is 11.5 Å². The molecule has 1 amide bonds. The molecular weight excluding hydrogens is 456 g/mol. The number of anilines is 1. The Morgan fingerprint density at radius 1 is 1.03 bits per heavy atom. The fourth-order valence-corrected chi connectivity index (χ4v) is 4.74. The van der Waals surface area contributed by atoms with Crippen molar-refractivity contribution in [1.82, 2.24) is 4.98 Å². The van der Waals surface area contributed by atoms with E-state index in [-0.39, 0.29) is 11.3 Å². The molecule has 182 valence electrons. The number of aromatic amines is 1. The number of nitrogens with one attached hydrogen (secondary N) is 1. The lowest BCUT2D eigenvalue weighted by atomic mass is 9.94. The Labute approximate surface area is 208 Å². The molecule has 1 atom stereocenters. The smallest absolute Gasteiger partial charge is 0.300 e. The third-order valence-corrected chi connectivity index (χ3v) is 6.37. The van der Waals surface area contributed by atoms with E-state index in [1.165, 1.54) is 4.90 Å². The molecule has 1 fully saturated rings. The Hall–Kier alpha value is -4.52. The largest absolute Gasteiger partial charge is 0.507 e. The van der Waals surface area contributed by atoms with Crippen molar-refractivity contribution < 1.29 is 24.2 Å². The number of H-pyrrole nitrogens is 1. The number of ether oxygens (including phenoxy) is 2. The van der Waals surface area contributed by atoms with Gasteiger partial charge >= 0.3 is 0 Å². The molecular formula is C29H26N2O5. The van der Waals surface area contributed by atoms with Gasteiger partial charge in [0.2, 0.25) is 0 Å². The van der Waals surface area contributed by atoms with Gasteiger partial charge in [0.05, 0.1) is 25.3 Å². The monoisotopic (exact) mass is 482 g/mol. The summed E-state index contributed by atoms with van der Waals surface area (Å²) in [5, 5.41) is 12.3. The summed E-state index contributed by atoms with van der Waals surface area (Å²) in [5.41, 5.74) is 3.39. The highest BCUT2D eigenvalue weighted by atomic mass is 16.5. The number of hydrogen-bond donors (Lipinski definition) is 2. The van der Waals surface area contributed by atoms with Gasteiger partial charge in [0.15, 0.2) is 11.5 Å². The van der Waals surface area contributed by atoms with E-state index in [9.17, 15) is 14.7 Å². The van der Waals surface area contributed by atoms with Crippen LogP contribution in [-0.4, -0.2) is 35.5 Å². The predicted molar refractivity (Wildman–Crippen MR) is 138 cm³/mol. The van der Waals surface area contributed by atoms with E-state index < -0.39 is 17.7 Å². The summed E-state index contributed by atoms with van der Waals surface area (Å²) < 4.78 is 11.2. The molecule has 7 nitrogen and oxygen atoms in total. The molecule has 0 bridgehead atoms. The van der Waals surface area contributed by atoms with Crippen molar-refractivity contribution in [2.24, 2.45) is 0 Å². The van der Waals surface area contributed by atoms with E-state index >= 15 is 0 Å². The van der Waals surface area contributed by atoms with Gasteiger partial charge in [0.25, 0.3) is 11.7 Å². The number of carbonyl (C=O) groups excluding carboxylic acids is 2. The van der Waals surface area contributed by atoms with Crippen LogP contribution >= 0.6 is 0 Å². The lowest BCUT2D eigenvalue weighted by molar-refractivity contribution is -0.132. The van der Waals surface area contributed by atoms with Crippen molar-refractivity contribution in [3.63, 3.8) is 0 Å². The minimum Gasteiger partial charge on any atom is -0.507 e. The van der Waals surface area contributed by atoms with Gasteiger partial charge in [-0.3, -0.25) is 14.5 Å². The van der Waals surface area contributed by atoms with Crippen LogP contribution in [0.3, 0.4) is 0 Å². The van der Waals surface area contributed by atoms with Crippen molar-refractivity contribution in [1.29, 1.82) is 0 Å². The quantitative estimate of drug-likeness (QED) is 0.215. The van der Waals surface area contributed by atoms with Crippen LogP contribution in [0.5, 0.6) is 11.5 Å². The number of rotatable bonds is 6. The third-order valence-electron chi connectivity index (χ3n) is 6.37. The van der Waals surface area contributed by atoms with E-state index in [2.05, 4.69) is 4.98 Å². The summed E-state index contributed by atoms with van der Waals surface area (Å²) in [6.07, 6.45) is 1.65. The first-order chi connectivity index (χ1) is 17.4. The highest BCUT2D eigenvalue weighted by molar-refractivity contribution is 6.51. The highest BCUT2D eigenvalue weighted by Gasteiger charge is 2.47. The second-order valence-corrected chi connectivity index (χ2v) is 8.60. The first kappa shape index (κ1) is 23.2. The van der Waals surface area contributed by atoms with Crippen molar-refractivity contribution in [3.05, 3.63) is 95.2 Å². The zero-order chi connectivity index (χ0) is 25.4. The van der Waals surface area contributed by atoms with Gasteiger partial charge in [-0.25, -0.2) is 0 Å². The van der Waals surface area contributed by atoms with Crippen LogP contribution in [0.15, 0.2) is 78.5 Å². The number of para-hydroxylation sites is 1. The van der Waals surface area contributed by atoms with Gasteiger partial charge in [-0.15, -0.1) is 0 Å². The fraction of sp³-hybridized carbons (Fsp3) is 0.172. The zero-order valence-corrected chi connectivity index (χ0v) is 20.2. The molecule has 0 aliphatic carbocycles. The fourth-order valence-electron chi connectivity index (χ4n) is 4.74. The molecule has 7 heteroatoms. The number of methoxy groups -OCH3 is 1. The summed E-state index contributed by atoms with van der Waals surface area (Å²) in [6.45, 7) is 4.19. The Morgan fingerprint density at radius 2 is 1.83 bits per heavy atom. The lowest BCUT2D eigenvalue weighted by Gasteiger charge is -2.26. The molecule has 0 saturated carbocycles. The molecule has 0 radical (unpaired) electrons. The third kappa shape index (κ3) is 3.79. The molecule has 1 unspecified atom stereocenters. The Balaban J connectivity index is 1.77. The predicted octanol–water partition coefficient (Wildman–Crippen LogP) is 5.51. The Morgan fingerprint density at radius 3 is 2.58 bits per heavy atom. The zero-order valence-electron chi connectivity index (χ0n) is 20.2. The maximum Gasteiger partial charge on any atom is 0.300 e. The standard InChI is InChI=1S/C29H26N2O5/c1-4-36-24-15-18(12-13-23(24)35-3)26-25(27(32)21-16-30-22-11-6-5-10-20(21)22)28(33)29(34)31(26)19-9-7-8-17(2)14-19/h5-16,26,30,32H,4H2,1-3H3/b27-25-. The van der Waals surface area contributed by atoms with Crippen LogP contribution in [0.25, 0.3) is 16.7 Å². The normalized spacial score (nSPS) is 17.1.